The summed E-state index contributed by atoms with van der Waals surface area (Å²) >= 11 is 7.24. The molecular formula is C14H16ClNO2S2. The van der Waals surface area contributed by atoms with Crippen molar-refractivity contribution >= 4 is 38.6 Å². The van der Waals surface area contributed by atoms with Gasteiger partial charge in [0, 0.05) is 11.9 Å². The first-order valence-electron chi connectivity index (χ1n) is 6.07. The molecule has 108 valence electrons. The van der Waals surface area contributed by atoms with Crippen LogP contribution in [0.3, 0.4) is 0 Å². The molecule has 1 aromatic heterocycles. The molecule has 2 aromatic rings. The maximum Gasteiger partial charge on any atom is 0.265 e. The Balaban J connectivity index is 2.56. The topological polar surface area (TPSA) is 37.4 Å². The van der Waals surface area contributed by atoms with Gasteiger partial charge in [-0.2, -0.15) is 0 Å². The lowest BCUT2D eigenvalue weighted by atomic mass is 10.2. The first kappa shape index (κ1) is 15.4. The van der Waals surface area contributed by atoms with Crippen molar-refractivity contribution in [1.29, 1.82) is 0 Å². The Bertz CT molecular complexity index is 723. The zero-order valence-electron chi connectivity index (χ0n) is 11.6. The summed E-state index contributed by atoms with van der Waals surface area (Å²) in [5.41, 5.74) is 2.34. The minimum absolute atomic E-state index is 0.203. The SMILES string of the molecule is Cc1ccccc1N(C)S(=O)(=O)c1c(C)csc1CCl. The zero-order chi connectivity index (χ0) is 14.9. The van der Waals surface area contributed by atoms with Gasteiger partial charge in [-0.05, 0) is 36.4 Å². The summed E-state index contributed by atoms with van der Waals surface area (Å²) in [6.07, 6.45) is 0. The van der Waals surface area contributed by atoms with Crippen LogP contribution in [0, 0.1) is 13.8 Å². The van der Waals surface area contributed by atoms with E-state index in [9.17, 15) is 8.42 Å². The number of aryl methyl sites for hydroxylation is 2. The summed E-state index contributed by atoms with van der Waals surface area (Å²) in [5.74, 6) is 0.203. The Morgan fingerprint density at radius 3 is 2.45 bits per heavy atom. The standard InChI is InChI=1S/C14H16ClNO2S2/c1-10-6-4-5-7-12(10)16(3)20(17,18)14-11(2)9-19-13(14)8-15/h4-7,9H,8H2,1-3H3. The largest absolute Gasteiger partial charge is 0.269 e. The molecule has 0 aliphatic heterocycles. The highest BCUT2D eigenvalue weighted by Crippen LogP contribution is 2.33. The highest BCUT2D eigenvalue weighted by molar-refractivity contribution is 7.93. The number of hydrogen-bond acceptors (Lipinski definition) is 3. The molecule has 0 fully saturated rings. The molecule has 0 aliphatic carbocycles. The molecular weight excluding hydrogens is 314 g/mol. The first-order valence-corrected chi connectivity index (χ1v) is 8.92. The van der Waals surface area contributed by atoms with Crippen molar-refractivity contribution in [3.63, 3.8) is 0 Å². The van der Waals surface area contributed by atoms with Crippen LogP contribution in [-0.4, -0.2) is 15.5 Å². The van der Waals surface area contributed by atoms with Gasteiger partial charge in [0.2, 0.25) is 0 Å². The zero-order valence-corrected chi connectivity index (χ0v) is 13.9. The highest BCUT2D eigenvalue weighted by Gasteiger charge is 2.28. The van der Waals surface area contributed by atoms with E-state index in [1.54, 1.807) is 20.0 Å². The monoisotopic (exact) mass is 329 g/mol. The maximum absolute atomic E-state index is 12.8. The molecule has 0 radical (unpaired) electrons. The molecule has 0 N–H and O–H groups in total. The molecule has 2 rings (SSSR count). The van der Waals surface area contributed by atoms with Crippen LogP contribution in [0.2, 0.25) is 0 Å². The molecule has 1 heterocycles. The number of sulfonamides is 1. The molecule has 0 saturated carbocycles. The van der Waals surface area contributed by atoms with Crippen LogP contribution in [0.1, 0.15) is 16.0 Å². The van der Waals surface area contributed by atoms with Gasteiger partial charge >= 0.3 is 0 Å². The van der Waals surface area contributed by atoms with Crippen molar-refractivity contribution in [2.45, 2.75) is 24.6 Å². The van der Waals surface area contributed by atoms with E-state index >= 15 is 0 Å². The minimum atomic E-state index is -3.59. The van der Waals surface area contributed by atoms with Crippen LogP contribution >= 0.6 is 22.9 Å². The molecule has 0 spiro atoms. The summed E-state index contributed by atoms with van der Waals surface area (Å²) in [5, 5.41) is 1.83. The van der Waals surface area contributed by atoms with Crippen molar-refractivity contribution in [2.75, 3.05) is 11.4 Å². The number of anilines is 1. The van der Waals surface area contributed by atoms with Gasteiger partial charge in [0.15, 0.2) is 0 Å². The fourth-order valence-electron chi connectivity index (χ4n) is 2.11. The summed E-state index contributed by atoms with van der Waals surface area (Å²) in [6, 6.07) is 7.41. The average molecular weight is 330 g/mol. The maximum atomic E-state index is 12.8. The fourth-order valence-corrected chi connectivity index (χ4v) is 5.38. The van der Waals surface area contributed by atoms with Crippen LogP contribution in [0.4, 0.5) is 5.69 Å². The molecule has 6 heteroatoms. The van der Waals surface area contributed by atoms with E-state index in [0.717, 1.165) is 11.1 Å². The molecule has 0 aliphatic rings. The number of thiophene rings is 1. The molecule has 1 aromatic carbocycles. The second kappa shape index (κ2) is 5.76. The Labute approximate surface area is 128 Å². The lowest BCUT2D eigenvalue weighted by Crippen LogP contribution is -2.28. The predicted octanol–water partition coefficient (Wildman–Crippen LogP) is 3.93. The molecule has 0 bridgehead atoms. The van der Waals surface area contributed by atoms with E-state index in [1.165, 1.54) is 15.6 Å². The Hall–Kier alpha value is -1.04. The number of alkyl halides is 1. The lowest BCUT2D eigenvalue weighted by Gasteiger charge is -2.22. The third-order valence-corrected chi connectivity index (χ3v) is 6.85. The summed E-state index contributed by atoms with van der Waals surface area (Å²) in [7, 11) is -2.01. The fraction of sp³-hybridized carbons (Fsp3) is 0.286. The van der Waals surface area contributed by atoms with Crippen LogP contribution in [0.5, 0.6) is 0 Å². The molecule has 0 atom stereocenters. The van der Waals surface area contributed by atoms with E-state index in [2.05, 4.69) is 0 Å². The Kier molecular flexibility index (Phi) is 4.42. The summed E-state index contributed by atoms with van der Waals surface area (Å²) < 4.78 is 27.0. The van der Waals surface area contributed by atoms with E-state index < -0.39 is 10.0 Å². The number of rotatable bonds is 4. The second-order valence-corrected chi connectivity index (χ2v) is 7.70. The molecule has 0 unspecified atom stereocenters. The van der Waals surface area contributed by atoms with Crippen LogP contribution in [-0.2, 0) is 15.9 Å². The molecule has 0 saturated heterocycles. The van der Waals surface area contributed by atoms with Gasteiger partial charge in [-0.15, -0.1) is 22.9 Å². The molecule has 3 nitrogen and oxygen atoms in total. The van der Waals surface area contributed by atoms with Crippen LogP contribution < -0.4 is 4.31 Å². The summed E-state index contributed by atoms with van der Waals surface area (Å²) in [4.78, 5) is 1.02. The predicted molar refractivity (Wildman–Crippen MR) is 85.4 cm³/mol. The smallest absolute Gasteiger partial charge is 0.265 e. The van der Waals surface area contributed by atoms with E-state index in [4.69, 9.17) is 11.6 Å². The van der Waals surface area contributed by atoms with Crippen molar-refractivity contribution in [1.82, 2.24) is 0 Å². The normalized spacial score (nSPS) is 11.6. The van der Waals surface area contributed by atoms with Crippen molar-refractivity contribution < 1.29 is 8.42 Å². The number of nitrogens with zero attached hydrogens (tertiary/aromatic N) is 1. The third-order valence-electron chi connectivity index (χ3n) is 3.18. The lowest BCUT2D eigenvalue weighted by molar-refractivity contribution is 0.593. The van der Waals surface area contributed by atoms with E-state index in [-0.39, 0.29) is 5.88 Å². The number of hydrogen-bond donors (Lipinski definition) is 0. The van der Waals surface area contributed by atoms with Gasteiger partial charge in [0.1, 0.15) is 4.90 Å². The first-order chi connectivity index (χ1) is 9.39. The van der Waals surface area contributed by atoms with Crippen LogP contribution in [0.15, 0.2) is 34.5 Å². The van der Waals surface area contributed by atoms with Gasteiger partial charge in [0.25, 0.3) is 10.0 Å². The Morgan fingerprint density at radius 1 is 1.20 bits per heavy atom. The highest BCUT2D eigenvalue weighted by atomic mass is 35.5. The van der Waals surface area contributed by atoms with Gasteiger partial charge < -0.3 is 0 Å². The van der Waals surface area contributed by atoms with Crippen molar-refractivity contribution in [3.05, 3.63) is 45.6 Å². The molecule has 0 amide bonds. The number of para-hydroxylation sites is 1. The van der Waals surface area contributed by atoms with E-state index in [1.807, 2.05) is 30.5 Å². The third kappa shape index (κ3) is 2.57. The van der Waals surface area contributed by atoms with Crippen molar-refractivity contribution in [3.8, 4) is 0 Å². The molecule has 20 heavy (non-hydrogen) atoms. The van der Waals surface area contributed by atoms with Gasteiger partial charge in [-0.1, -0.05) is 18.2 Å². The number of benzene rings is 1. The average Bonchev–Trinajstić information content (AvgIpc) is 2.80. The Morgan fingerprint density at radius 2 is 1.85 bits per heavy atom. The second-order valence-electron chi connectivity index (χ2n) is 4.56. The van der Waals surface area contributed by atoms with Crippen molar-refractivity contribution in [2.24, 2.45) is 0 Å². The minimum Gasteiger partial charge on any atom is -0.269 e. The van der Waals surface area contributed by atoms with Gasteiger partial charge in [-0.3, -0.25) is 4.31 Å². The number of halogens is 1. The van der Waals surface area contributed by atoms with E-state index in [0.29, 0.717) is 15.5 Å². The van der Waals surface area contributed by atoms with Gasteiger partial charge in [0.05, 0.1) is 11.6 Å². The van der Waals surface area contributed by atoms with Gasteiger partial charge in [-0.25, -0.2) is 8.42 Å². The van der Waals surface area contributed by atoms with Crippen LogP contribution in [0.25, 0.3) is 0 Å². The quantitative estimate of drug-likeness (QED) is 0.797. The summed E-state index contributed by atoms with van der Waals surface area (Å²) in [6.45, 7) is 3.69.